The van der Waals surface area contributed by atoms with Crippen LogP contribution in [0, 0.1) is 0 Å². The normalized spacial score (nSPS) is 16.4. The number of unbranched alkanes of at least 4 members (excludes halogenated alkanes) is 1. The molecule has 1 fully saturated rings. The fourth-order valence-corrected chi connectivity index (χ4v) is 3.79. The molecule has 2 N–H and O–H groups in total. The van der Waals surface area contributed by atoms with Crippen molar-refractivity contribution in [3.05, 3.63) is 41.0 Å². The highest BCUT2D eigenvalue weighted by atomic mass is 16.5. The maximum atomic E-state index is 12.3. The van der Waals surface area contributed by atoms with Crippen molar-refractivity contribution in [1.29, 1.82) is 0 Å². The molecule has 1 aromatic heterocycles. The van der Waals surface area contributed by atoms with Crippen LogP contribution in [0.2, 0.25) is 0 Å². The molecular weight excluding hydrogens is 366 g/mol. The SMILES string of the molecule is CCCCOc1nc(N)c2c(n1)N(Cc1cccc(CN3CCC3)c1)CC(=O)C2. The second-order valence-electron chi connectivity index (χ2n) is 7.92. The minimum atomic E-state index is 0.129. The van der Waals surface area contributed by atoms with E-state index >= 15 is 0 Å². The van der Waals surface area contributed by atoms with E-state index in [0.29, 0.717) is 37.1 Å². The van der Waals surface area contributed by atoms with Crippen LogP contribution in [0.5, 0.6) is 6.01 Å². The van der Waals surface area contributed by atoms with Gasteiger partial charge in [0.15, 0.2) is 5.78 Å². The number of ketones is 1. The molecule has 7 nitrogen and oxygen atoms in total. The van der Waals surface area contributed by atoms with Gasteiger partial charge in [-0.3, -0.25) is 9.69 Å². The number of rotatable bonds is 8. The fraction of sp³-hybridized carbons (Fsp3) is 0.500. The summed E-state index contributed by atoms with van der Waals surface area (Å²) >= 11 is 0. The van der Waals surface area contributed by atoms with Gasteiger partial charge in [0.05, 0.1) is 13.2 Å². The zero-order chi connectivity index (χ0) is 20.2. The maximum Gasteiger partial charge on any atom is 0.320 e. The monoisotopic (exact) mass is 395 g/mol. The molecule has 0 bridgehead atoms. The summed E-state index contributed by atoms with van der Waals surface area (Å²) in [5.74, 6) is 1.19. The van der Waals surface area contributed by atoms with E-state index < -0.39 is 0 Å². The molecule has 0 spiro atoms. The van der Waals surface area contributed by atoms with Gasteiger partial charge in [0.2, 0.25) is 0 Å². The number of nitrogens with zero attached hydrogens (tertiary/aromatic N) is 4. The molecule has 0 atom stereocenters. The molecule has 0 radical (unpaired) electrons. The Bertz CT molecular complexity index is 882. The third-order valence-electron chi connectivity index (χ3n) is 5.49. The van der Waals surface area contributed by atoms with Crippen molar-refractivity contribution in [2.45, 2.75) is 45.7 Å². The van der Waals surface area contributed by atoms with Crippen molar-refractivity contribution in [3.8, 4) is 6.01 Å². The van der Waals surface area contributed by atoms with Gasteiger partial charge in [-0.2, -0.15) is 9.97 Å². The molecular formula is C22H29N5O2. The smallest absolute Gasteiger partial charge is 0.320 e. The van der Waals surface area contributed by atoms with Crippen molar-refractivity contribution in [1.82, 2.24) is 14.9 Å². The molecule has 7 heteroatoms. The van der Waals surface area contributed by atoms with Crippen LogP contribution in [-0.2, 0) is 24.3 Å². The lowest BCUT2D eigenvalue weighted by molar-refractivity contribution is -0.117. The van der Waals surface area contributed by atoms with E-state index in [9.17, 15) is 4.79 Å². The van der Waals surface area contributed by atoms with Crippen molar-refractivity contribution in [2.24, 2.45) is 0 Å². The van der Waals surface area contributed by atoms with Crippen LogP contribution < -0.4 is 15.4 Å². The van der Waals surface area contributed by atoms with E-state index in [4.69, 9.17) is 10.5 Å². The Morgan fingerprint density at radius 1 is 1.17 bits per heavy atom. The van der Waals surface area contributed by atoms with Crippen LogP contribution in [0.4, 0.5) is 11.6 Å². The molecule has 4 rings (SSSR count). The van der Waals surface area contributed by atoms with Gasteiger partial charge in [0.25, 0.3) is 0 Å². The van der Waals surface area contributed by atoms with Crippen LogP contribution in [0.25, 0.3) is 0 Å². The van der Waals surface area contributed by atoms with Gasteiger partial charge >= 0.3 is 6.01 Å². The molecule has 0 amide bonds. The lowest BCUT2D eigenvalue weighted by Crippen LogP contribution is -2.37. The van der Waals surface area contributed by atoms with Crippen LogP contribution in [-0.4, -0.2) is 46.9 Å². The summed E-state index contributed by atoms with van der Waals surface area (Å²) < 4.78 is 5.68. The average molecular weight is 396 g/mol. The number of aromatic nitrogens is 2. The first-order valence-corrected chi connectivity index (χ1v) is 10.5. The molecule has 0 saturated carbocycles. The van der Waals surface area contributed by atoms with Crippen LogP contribution in [0.1, 0.15) is 42.9 Å². The summed E-state index contributed by atoms with van der Waals surface area (Å²) in [4.78, 5) is 25.6. The number of hydrogen-bond acceptors (Lipinski definition) is 7. The quantitative estimate of drug-likeness (QED) is 0.688. The number of nitrogens with two attached hydrogens (primary N) is 1. The van der Waals surface area contributed by atoms with Gasteiger partial charge in [0, 0.05) is 25.1 Å². The predicted octanol–water partition coefficient (Wildman–Crippen LogP) is 2.58. The minimum Gasteiger partial charge on any atom is -0.463 e. The van der Waals surface area contributed by atoms with Gasteiger partial charge < -0.3 is 15.4 Å². The van der Waals surface area contributed by atoms with Gasteiger partial charge in [0.1, 0.15) is 11.6 Å². The third kappa shape index (κ3) is 4.67. The Labute approximate surface area is 171 Å². The van der Waals surface area contributed by atoms with E-state index in [2.05, 4.69) is 46.1 Å². The lowest BCUT2D eigenvalue weighted by Gasteiger charge is -2.31. The number of hydrogen-bond donors (Lipinski definition) is 1. The summed E-state index contributed by atoms with van der Waals surface area (Å²) in [7, 11) is 0. The van der Waals surface area contributed by atoms with E-state index in [-0.39, 0.29) is 12.2 Å². The number of carbonyl (C=O) groups is 1. The average Bonchev–Trinajstić information content (AvgIpc) is 2.66. The minimum absolute atomic E-state index is 0.129. The summed E-state index contributed by atoms with van der Waals surface area (Å²) in [5, 5.41) is 0. The number of nitrogen functional groups attached to an aromatic ring is 1. The highest BCUT2D eigenvalue weighted by Crippen LogP contribution is 2.30. The van der Waals surface area contributed by atoms with Crippen LogP contribution in [0.15, 0.2) is 24.3 Å². The standard InChI is InChI=1S/C22H29N5O2/c1-2-3-10-29-22-24-20(23)19-12-18(28)15-27(21(19)25-22)14-17-7-4-6-16(11-17)13-26-8-5-9-26/h4,6-7,11H,2-3,5,8-10,12-15H2,1H3,(H2,23,24,25). The second-order valence-corrected chi connectivity index (χ2v) is 7.92. The Morgan fingerprint density at radius 3 is 2.69 bits per heavy atom. The van der Waals surface area contributed by atoms with E-state index in [0.717, 1.165) is 30.8 Å². The molecule has 0 unspecified atom stereocenters. The number of carbonyl (C=O) groups excluding carboxylic acids is 1. The van der Waals surface area contributed by atoms with E-state index in [1.165, 1.54) is 25.1 Å². The molecule has 29 heavy (non-hydrogen) atoms. The van der Waals surface area contributed by atoms with Crippen molar-refractivity contribution < 1.29 is 9.53 Å². The van der Waals surface area contributed by atoms with Gasteiger partial charge in [-0.1, -0.05) is 37.6 Å². The number of anilines is 2. The van der Waals surface area contributed by atoms with Crippen molar-refractivity contribution >= 4 is 17.4 Å². The number of fused-ring (bicyclic) bond motifs is 1. The number of benzene rings is 1. The Balaban J connectivity index is 1.55. The zero-order valence-corrected chi connectivity index (χ0v) is 17.1. The Hall–Kier alpha value is -2.67. The Morgan fingerprint density at radius 2 is 1.97 bits per heavy atom. The lowest BCUT2D eigenvalue weighted by atomic mass is 10.0. The first kappa shape index (κ1) is 19.6. The summed E-state index contributed by atoms with van der Waals surface area (Å²) in [6.07, 6.45) is 3.54. The number of Topliss-reactive ketones (excluding diaryl/α,β-unsaturated/α-hetero) is 1. The van der Waals surface area contributed by atoms with Crippen LogP contribution in [0.3, 0.4) is 0 Å². The van der Waals surface area contributed by atoms with Gasteiger partial charge in [-0.05, 0) is 37.1 Å². The number of likely N-dealkylation sites (tertiary alicyclic amines) is 1. The largest absolute Gasteiger partial charge is 0.463 e. The fourth-order valence-electron chi connectivity index (χ4n) is 3.79. The highest BCUT2D eigenvalue weighted by molar-refractivity contribution is 5.91. The molecule has 1 aromatic carbocycles. The molecule has 3 heterocycles. The molecule has 2 aliphatic heterocycles. The highest BCUT2D eigenvalue weighted by Gasteiger charge is 2.28. The topological polar surface area (TPSA) is 84.6 Å². The molecule has 2 aliphatic rings. The first-order valence-electron chi connectivity index (χ1n) is 10.5. The van der Waals surface area contributed by atoms with Crippen molar-refractivity contribution in [3.63, 3.8) is 0 Å². The van der Waals surface area contributed by atoms with E-state index in [1.54, 1.807) is 0 Å². The second kappa shape index (κ2) is 8.78. The van der Waals surface area contributed by atoms with Crippen LogP contribution >= 0.6 is 0 Å². The Kier molecular flexibility index (Phi) is 5.94. The van der Waals surface area contributed by atoms with E-state index in [1.807, 2.05) is 4.90 Å². The molecule has 1 saturated heterocycles. The van der Waals surface area contributed by atoms with Crippen molar-refractivity contribution in [2.75, 3.05) is 36.9 Å². The first-order chi connectivity index (χ1) is 14.1. The molecule has 2 aromatic rings. The summed E-state index contributed by atoms with van der Waals surface area (Å²) in [6.45, 7) is 6.94. The molecule has 154 valence electrons. The van der Waals surface area contributed by atoms with Gasteiger partial charge in [-0.25, -0.2) is 0 Å². The van der Waals surface area contributed by atoms with Gasteiger partial charge in [-0.15, -0.1) is 0 Å². The number of ether oxygens (including phenoxy) is 1. The summed E-state index contributed by atoms with van der Waals surface area (Å²) in [6, 6.07) is 8.87. The third-order valence-corrected chi connectivity index (χ3v) is 5.49. The summed E-state index contributed by atoms with van der Waals surface area (Å²) in [5.41, 5.74) is 9.32. The predicted molar refractivity (Wildman–Crippen MR) is 113 cm³/mol. The maximum absolute atomic E-state index is 12.3. The molecule has 0 aliphatic carbocycles. The zero-order valence-electron chi connectivity index (χ0n) is 17.1.